The predicted octanol–water partition coefficient (Wildman–Crippen LogP) is 4.36. The Hall–Kier alpha value is -1.51. The van der Waals surface area contributed by atoms with E-state index in [0.29, 0.717) is 11.6 Å². The van der Waals surface area contributed by atoms with E-state index in [-0.39, 0.29) is 0 Å². The minimum absolute atomic E-state index is 0.472. The lowest BCUT2D eigenvalue weighted by Crippen LogP contribution is -2.15. The molecule has 0 bridgehead atoms. The van der Waals surface area contributed by atoms with Crippen LogP contribution in [0.4, 0.5) is 5.69 Å². The molecule has 0 aromatic heterocycles. The fourth-order valence-corrected chi connectivity index (χ4v) is 3.27. The van der Waals surface area contributed by atoms with E-state index in [2.05, 4.69) is 23.5 Å². The van der Waals surface area contributed by atoms with Gasteiger partial charge >= 0.3 is 0 Å². The number of fused-ring (bicyclic) bond motifs is 1. The minimum atomic E-state index is -0.599. The average molecular weight is 302 g/mol. The Morgan fingerprint density at radius 1 is 1.05 bits per heavy atom. The quantitative estimate of drug-likeness (QED) is 0.879. The van der Waals surface area contributed by atoms with Gasteiger partial charge in [0.05, 0.1) is 6.10 Å². The molecule has 0 saturated carbocycles. The smallest absolute Gasteiger partial charge is 0.0976 e. The van der Waals surface area contributed by atoms with Crippen LogP contribution in [-0.2, 0) is 12.8 Å². The van der Waals surface area contributed by atoms with E-state index in [4.69, 9.17) is 11.6 Å². The summed E-state index contributed by atoms with van der Waals surface area (Å²) in [4.78, 5) is 0. The van der Waals surface area contributed by atoms with E-state index in [0.717, 1.165) is 24.1 Å². The number of hydrogen-bond donors (Lipinski definition) is 2. The van der Waals surface area contributed by atoms with Gasteiger partial charge in [-0.2, -0.15) is 0 Å². The molecule has 1 atom stereocenters. The van der Waals surface area contributed by atoms with Crippen molar-refractivity contribution in [3.8, 4) is 0 Å². The first-order chi connectivity index (χ1) is 10.3. The molecule has 0 saturated heterocycles. The molecule has 2 aromatic rings. The minimum Gasteiger partial charge on any atom is -0.387 e. The average Bonchev–Trinajstić information content (AvgIpc) is 2.53. The largest absolute Gasteiger partial charge is 0.387 e. The Balaban J connectivity index is 1.72. The lowest BCUT2D eigenvalue weighted by Gasteiger charge is -2.21. The normalized spacial score (nSPS) is 15.3. The number of aliphatic hydroxyl groups excluding tert-OH is 1. The van der Waals surface area contributed by atoms with Gasteiger partial charge in [-0.3, -0.25) is 0 Å². The summed E-state index contributed by atoms with van der Waals surface area (Å²) in [7, 11) is 0. The van der Waals surface area contributed by atoms with Crippen molar-refractivity contribution in [1.29, 1.82) is 0 Å². The molecule has 110 valence electrons. The van der Waals surface area contributed by atoms with Crippen LogP contribution in [0.3, 0.4) is 0 Å². The van der Waals surface area contributed by atoms with Gasteiger partial charge in [0.15, 0.2) is 0 Å². The summed E-state index contributed by atoms with van der Waals surface area (Å²) in [5.74, 6) is 0. The maximum atomic E-state index is 10.3. The second-order valence-electron chi connectivity index (χ2n) is 5.57. The lowest BCUT2D eigenvalue weighted by atomic mass is 9.90. The third kappa shape index (κ3) is 3.22. The number of anilines is 1. The number of aliphatic hydroxyl groups is 1. The molecule has 0 spiro atoms. The Morgan fingerprint density at radius 3 is 2.71 bits per heavy atom. The number of aryl methyl sites for hydroxylation is 1. The van der Waals surface area contributed by atoms with Crippen molar-refractivity contribution in [2.75, 3.05) is 11.9 Å². The maximum Gasteiger partial charge on any atom is 0.0976 e. The molecular weight excluding hydrogens is 282 g/mol. The Labute approximate surface area is 130 Å². The molecule has 0 aliphatic heterocycles. The highest BCUT2D eigenvalue weighted by Gasteiger charge is 2.15. The summed E-state index contributed by atoms with van der Waals surface area (Å²) in [6, 6.07) is 13.9. The van der Waals surface area contributed by atoms with Gasteiger partial charge in [-0.05, 0) is 48.9 Å². The number of hydrogen-bond acceptors (Lipinski definition) is 2. The van der Waals surface area contributed by atoms with E-state index in [1.807, 2.05) is 24.3 Å². The molecule has 21 heavy (non-hydrogen) atoms. The summed E-state index contributed by atoms with van der Waals surface area (Å²) < 4.78 is 0. The molecule has 0 heterocycles. The van der Waals surface area contributed by atoms with Crippen molar-refractivity contribution in [1.82, 2.24) is 0 Å². The molecule has 2 N–H and O–H groups in total. The zero-order chi connectivity index (χ0) is 14.7. The van der Waals surface area contributed by atoms with Crippen LogP contribution in [0.5, 0.6) is 0 Å². The third-order valence-electron chi connectivity index (χ3n) is 4.15. The van der Waals surface area contributed by atoms with Crippen LogP contribution in [0.1, 0.15) is 35.6 Å². The number of nitrogens with one attached hydrogen (secondary N) is 1. The van der Waals surface area contributed by atoms with E-state index in [1.165, 1.54) is 24.0 Å². The summed E-state index contributed by atoms with van der Waals surface area (Å²) in [6.07, 6.45) is 4.22. The fourth-order valence-electron chi connectivity index (χ4n) is 3.01. The zero-order valence-corrected chi connectivity index (χ0v) is 12.7. The van der Waals surface area contributed by atoms with E-state index < -0.39 is 6.10 Å². The Kier molecular flexibility index (Phi) is 4.47. The van der Waals surface area contributed by atoms with Crippen molar-refractivity contribution in [2.24, 2.45) is 0 Å². The van der Waals surface area contributed by atoms with Crippen LogP contribution in [0.2, 0.25) is 5.02 Å². The molecule has 3 heteroatoms. The topological polar surface area (TPSA) is 32.3 Å². The number of rotatable bonds is 4. The van der Waals surface area contributed by atoms with Crippen molar-refractivity contribution in [3.63, 3.8) is 0 Å². The highest BCUT2D eigenvalue weighted by atomic mass is 35.5. The predicted molar refractivity (Wildman–Crippen MR) is 88.0 cm³/mol. The molecule has 0 amide bonds. The molecule has 0 fully saturated rings. The van der Waals surface area contributed by atoms with Gasteiger partial charge in [-0.1, -0.05) is 41.9 Å². The highest BCUT2D eigenvalue weighted by molar-refractivity contribution is 6.31. The van der Waals surface area contributed by atoms with Gasteiger partial charge in [-0.25, -0.2) is 0 Å². The molecule has 0 radical (unpaired) electrons. The molecule has 1 aliphatic rings. The molecular formula is C18H20ClNO. The number of halogens is 1. The van der Waals surface area contributed by atoms with Crippen molar-refractivity contribution < 1.29 is 5.11 Å². The van der Waals surface area contributed by atoms with Gasteiger partial charge in [0.2, 0.25) is 0 Å². The SMILES string of the molecule is OC(CNc1cccc2c1CCCC2)c1ccccc1Cl. The van der Waals surface area contributed by atoms with Crippen molar-refractivity contribution >= 4 is 17.3 Å². The van der Waals surface area contributed by atoms with Crippen LogP contribution < -0.4 is 5.32 Å². The number of benzene rings is 2. The highest BCUT2D eigenvalue weighted by Crippen LogP contribution is 2.29. The van der Waals surface area contributed by atoms with Crippen LogP contribution >= 0.6 is 11.6 Å². The third-order valence-corrected chi connectivity index (χ3v) is 4.49. The van der Waals surface area contributed by atoms with Gasteiger partial charge < -0.3 is 10.4 Å². The summed E-state index contributed by atoms with van der Waals surface area (Å²) in [5, 5.41) is 14.3. The zero-order valence-electron chi connectivity index (χ0n) is 12.0. The molecule has 3 rings (SSSR count). The van der Waals surface area contributed by atoms with E-state index >= 15 is 0 Å². The van der Waals surface area contributed by atoms with Crippen molar-refractivity contribution in [2.45, 2.75) is 31.8 Å². The summed E-state index contributed by atoms with van der Waals surface area (Å²) >= 11 is 6.13. The summed E-state index contributed by atoms with van der Waals surface area (Å²) in [6.45, 7) is 0.472. The van der Waals surface area contributed by atoms with Crippen LogP contribution in [-0.4, -0.2) is 11.7 Å². The first-order valence-corrected chi connectivity index (χ1v) is 7.90. The second-order valence-corrected chi connectivity index (χ2v) is 5.98. The summed E-state index contributed by atoms with van der Waals surface area (Å²) in [5.41, 5.74) is 4.78. The maximum absolute atomic E-state index is 10.3. The van der Waals surface area contributed by atoms with Crippen LogP contribution in [0.15, 0.2) is 42.5 Å². The Morgan fingerprint density at radius 2 is 1.86 bits per heavy atom. The molecule has 1 aliphatic carbocycles. The monoisotopic (exact) mass is 301 g/mol. The van der Waals surface area contributed by atoms with Gasteiger partial charge in [-0.15, -0.1) is 0 Å². The van der Waals surface area contributed by atoms with Gasteiger partial charge in [0.25, 0.3) is 0 Å². The molecule has 2 nitrogen and oxygen atoms in total. The van der Waals surface area contributed by atoms with Crippen molar-refractivity contribution in [3.05, 3.63) is 64.2 Å². The van der Waals surface area contributed by atoms with Crippen LogP contribution in [0, 0.1) is 0 Å². The molecule has 2 aromatic carbocycles. The lowest BCUT2D eigenvalue weighted by molar-refractivity contribution is 0.191. The van der Waals surface area contributed by atoms with Crippen LogP contribution in [0.25, 0.3) is 0 Å². The standard InChI is InChI=1S/C18H20ClNO/c19-16-10-4-3-9-15(16)18(21)12-20-17-11-5-7-13-6-1-2-8-14(13)17/h3-5,7,9-11,18,20-21H,1-2,6,8,12H2. The second kappa shape index (κ2) is 6.50. The van der Waals surface area contributed by atoms with E-state index in [9.17, 15) is 5.11 Å². The molecule has 1 unspecified atom stereocenters. The first kappa shape index (κ1) is 14.4. The first-order valence-electron chi connectivity index (χ1n) is 7.53. The van der Waals surface area contributed by atoms with E-state index in [1.54, 1.807) is 0 Å². The Bertz CT molecular complexity index is 626. The van der Waals surface area contributed by atoms with Gasteiger partial charge in [0, 0.05) is 22.8 Å². The fraction of sp³-hybridized carbons (Fsp3) is 0.333. The van der Waals surface area contributed by atoms with Gasteiger partial charge in [0.1, 0.15) is 0 Å².